The van der Waals surface area contributed by atoms with E-state index in [1.54, 1.807) is 6.07 Å². The maximum Gasteiger partial charge on any atom is 0.256 e. The van der Waals surface area contributed by atoms with Gasteiger partial charge in [0.2, 0.25) is 0 Å². The van der Waals surface area contributed by atoms with Gasteiger partial charge in [0.25, 0.3) is 5.91 Å². The number of aliphatic hydroxyl groups excluding tert-OH is 2. The molecule has 5 nitrogen and oxygen atoms in total. The molecule has 3 N–H and O–H groups in total. The lowest BCUT2D eigenvalue weighted by molar-refractivity contribution is -0.129. The van der Waals surface area contributed by atoms with E-state index in [1.165, 1.54) is 11.3 Å². The van der Waals surface area contributed by atoms with Gasteiger partial charge in [-0.25, -0.2) is 4.98 Å². The number of benzene rings is 2. The van der Waals surface area contributed by atoms with Gasteiger partial charge in [-0.2, -0.15) is 0 Å². The molecule has 0 saturated heterocycles. The molecule has 0 aliphatic rings. The molecule has 2 aromatic carbocycles. The van der Waals surface area contributed by atoms with Crippen LogP contribution >= 0.6 is 11.3 Å². The fourth-order valence-electron chi connectivity index (χ4n) is 2.45. The molecule has 1 amide bonds. The number of para-hydroxylation sites is 2. The van der Waals surface area contributed by atoms with E-state index in [1.807, 2.05) is 49.4 Å². The third-order valence-electron chi connectivity index (χ3n) is 3.79. The van der Waals surface area contributed by atoms with Gasteiger partial charge in [0, 0.05) is 5.69 Å². The van der Waals surface area contributed by atoms with Gasteiger partial charge in [0.1, 0.15) is 11.1 Å². The minimum atomic E-state index is -1.59. The van der Waals surface area contributed by atoms with Crippen molar-refractivity contribution >= 4 is 33.1 Å². The second-order valence-electron chi connectivity index (χ2n) is 5.41. The van der Waals surface area contributed by atoms with Crippen LogP contribution in [0.1, 0.15) is 23.6 Å². The standard InChI is InChI=1S/C18H18N2O3S/c1-2-11-7-3-4-8-12(11)19-17(23)15(21)16(22)18-20-13-9-5-6-10-14(13)24-18/h3-10,15-16,21-22H,2H2,1H3,(H,19,23). The number of carbonyl (C=O) groups is 1. The molecule has 1 heterocycles. The lowest BCUT2D eigenvalue weighted by Crippen LogP contribution is -2.33. The highest BCUT2D eigenvalue weighted by molar-refractivity contribution is 7.18. The average Bonchev–Trinajstić information content (AvgIpc) is 3.05. The fraction of sp³-hybridized carbons (Fsp3) is 0.222. The monoisotopic (exact) mass is 342 g/mol. The zero-order valence-electron chi connectivity index (χ0n) is 13.1. The number of hydrogen-bond donors (Lipinski definition) is 3. The molecule has 0 spiro atoms. The first-order chi connectivity index (χ1) is 11.6. The maximum absolute atomic E-state index is 12.3. The van der Waals surface area contributed by atoms with Crippen LogP contribution in [0.5, 0.6) is 0 Å². The number of fused-ring (bicyclic) bond motifs is 1. The van der Waals surface area contributed by atoms with Crippen LogP contribution < -0.4 is 5.32 Å². The van der Waals surface area contributed by atoms with Crippen molar-refractivity contribution in [2.24, 2.45) is 0 Å². The quantitative estimate of drug-likeness (QED) is 0.666. The molecule has 24 heavy (non-hydrogen) atoms. The maximum atomic E-state index is 12.3. The van der Waals surface area contributed by atoms with Gasteiger partial charge in [-0.1, -0.05) is 37.3 Å². The SMILES string of the molecule is CCc1ccccc1NC(=O)C(O)C(O)c1nc2ccccc2s1. The number of anilines is 1. The summed E-state index contributed by atoms with van der Waals surface area (Å²) in [6.07, 6.45) is -2.20. The molecular formula is C18H18N2O3S. The Hall–Kier alpha value is -2.28. The Morgan fingerprint density at radius 2 is 1.88 bits per heavy atom. The molecule has 0 aliphatic carbocycles. The summed E-state index contributed by atoms with van der Waals surface area (Å²) in [5, 5.41) is 23.5. The predicted molar refractivity (Wildman–Crippen MR) is 95.0 cm³/mol. The van der Waals surface area contributed by atoms with Crippen molar-refractivity contribution in [2.75, 3.05) is 5.32 Å². The number of hydrogen-bond acceptors (Lipinski definition) is 5. The average molecular weight is 342 g/mol. The lowest BCUT2D eigenvalue weighted by Gasteiger charge is -2.16. The van der Waals surface area contributed by atoms with Gasteiger partial charge in [0.15, 0.2) is 6.10 Å². The van der Waals surface area contributed by atoms with E-state index in [9.17, 15) is 15.0 Å². The summed E-state index contributed by atoms with van der Waals surface area (Å²) in [6, 6.07) is 14.8. The topological polar surface area (TPSA) is 82.5 Å². The third-order valence-corrected chi connectivity index (χ3v) is 4.89. The minimum absolute atomic E-state index is 0.322. The van der Waals surface area contributed by atoms with Gasteiger partial charge >= 0.3 is 0 Å². The fourth-order valence-corrected chi connectivity index (χ4v) is 3.44. The number of nitrogens with one attached hydrogen (secondary N) is 1. The van der Waals surface area contributed by atoms with Crippen LogP contribution in [0, 0.1) is 0 Å². The molecule has 124 valence electrons. The molecule has 2 atom stereocenters. The Morgan fingerprint density at radius 3 is 2.62 bits per heavy atom. The molecule has 2 unspecified atom stereocenters. The van der Waals surface area contributed by atoms with Crippen LogP contribution in [0.2, 0.25) is 0 Å². The molecule has 0 aliphatic heterocycles. The first kappa shape index (κ1) is 16.6. The normalized spacial score (nSPS) is 13.6. The van der Waals surface area contributed by atoms with E-state index < -0.39 is 18.1 Å². The molecule has 6 heteroatoms. The number of thiazole rings is 1. The second-order valence-corrected chi connectivity index (χ2v) is 6.47. The molecule has 3 aromatic rings. The minimum Gasteiger partial charge on any atom is -0.383 e. The summed E-state index contributed by atoms with van der Waals surface area (Å²) < 4.78 is 0.899. The molecule has 0 saturated carbocycles. The van der Waals surface area contributed by atoms with Crippen LogP contribution in [0.4, 0.5) is 5.69 Å². The molecule has 1 aromatic heterocycles. The zero-order valence-corrected chi connectivity index (χ0v) is 14.0. The highest BCUT2D eigenvalue weighted by atomic mass is 32.1. The largest absolute Gasteiger partial charge is 0.383 e. The van der Waals surface area contributed by atoms with Gasteiger partial charge < -0.3 is 15.5 Å². The summed E-state index contributed by atoms with van der Waals surface area (Å²) in [5.74, 6) is -0.650. The van der Waals surface area contributed by atoms with Crippen LogP contribution in [0.3, 0.4) is 0 Å². The summed E-state index contributed by atoms with van der Waals surface area (Å²) >= 11 is 1.26. The summed E-state index contributed by atoms with van der Waals surface area (Å²) in [4.78, 5) is 16.6. The van der Waals surface area contributed by atoms with Crippen molar-refractivity contribution in [2.45, 2.75) is 25.6 Å². The molecule has 0 fully saturated rings. The number of carbonyl (C=O) groups excluding carboxylic acids is 1. The predicted octanol–water partition coefficient (Wildman–Crippen LogP) is 2.89. The Labute approximate surface area is 143 Å². The molecule has 0 radical (unpaired) electrons. The molecular weight excluding hydrogens is 324 g/mol. The van der Waals surface area contributed by atoms with Crippen molar-refractivity contribution in [3.63, 3.8) is 0 Å². The van der Waals surface area contributed by atoms with Crippen LogP contribution in [0.25, 0.3) is 10.2 Å². The number of aromatic nitrogens is 1. The summed E-state index contributed by atoms with van der Waals surface area (Å²) in [7, 11) is 0. The van der Waals surface area contributed by atoms with Crippen LogP contribution in [-0.2, 0) is 11.2 Å². The van der Waals surface area contributed by atoms with E-state index in [4.69, 9.17) is 0 Å². The van der Waals surface area contributed by atoms with E-state index >= 15 is 0 Å². The zero-order chi connectivity index (χ0) is 17.1. The van der Waals surface area contributed by atoms with Gasteiger partial charge in [-0.15, -0.1) is 11.3 Å². The first-order valence-corrected chi connectivity index (χ1v) is 8.52. The van der Waals surface area contributed by atoms with Crippen molar-refractivity contribution in [1.29, 1.82) is 0 Å². The summed E-state index contributed by atoms with van der Waals surface area (Å²) in [5.41, 5.74) is 2.34. The number of amides is 1. The number of aryl methyl sites for hydroxylation is 1. The van der Waals surface area contributed by atoms with Crippen molar-refractivity contribution < 1.29 is 15.0 Å². The van der Waals surface area contributed by atoms with Crippen molar-refractivity contribution in [3.8, 4) is 0 Å². The Bertz CT molecular complexity index is 829. The smallest absolute Gasteiger partial charge is 0.256 e. The van der Waals surface area contributed by atoms with E-state index in [0.717, 1.165) is 22.2 Å². The third kappa shape index (κ3) is 3.31. The van der Waals surface area contributed by atoms with Crippen molar-refractivity contribution in [3.05, 3.63) is 59.1 Å². The molecule has 0 bridgehead atoms. The Kier molecular flexibility index (Phi) is 4.89. The highest BCUT2D eigenvalue weighted by Crippen LogP contribution is 2.28. The van der Waals surface area contributed by atoms with Gasteiger partial charge in [-0.3, -0.25) is 4.79 Å². The number of rotatable bonds is 5. The van der Waals surface area contributed by atoms with E-state index in [-0.39, 0.29) is 0 Å². The van der Waals surface area contributed by atoms with Crippen molar-refractivity contribution in [1.82, 2.24) is 4.98 Å². The van der Waals surface area contributed by atoms with E-state index in [2.05, 4.69) is 10.3 Å². The van der Waals surface area contributed by atoms with Gasteiger partial charge in [-0.05, 0) is 30.2 Å². The molecule has 3 rings (SSSR count). The van der Waals surface area contributed by atoms with Gasteiger partial charge in [0.05, 0.1) is 10.2 Å². The summed E-state index contributed by atoms with van der Waals surface area (Å²) in [6.45, 7) is 1.98. The second kappa shape index (κ2) is 7.09. The highest BCUT2D eigenvalue weighted by Gasteiger charge is 2.28. The van der Waals surface area contributed by atoms with Crippen LogP contribution in [0.15, 0.2) is 48.5 Å². The number of nitrogens with zero attached hydrogens (tertiary/aromatic N) is 1. The Balaban J connectivity index is 1.77. The lowest BCUT2D eigenvalue weighted by atomic mass is 10.1. The first-order valence-electron chi connectivity index (χ1n) is 7.70. The van der Waals surface area contributed by atoms with Crippen LogP contribution in [-0.4, -0.2) is 27.2 Å². The van der Waals surface area contributed by atoms with E-state index in [0.29, 0.717) is 10.7 Å². The number of aliphatic hydroxyl groups is 2. The Morgan fingerprint density at radius 1 is 1.17 bits per heavy atom.